The third-order valence-electron chi connectivity index (χ3n) is 3.98. The van der Waals surface area contributed by atoms with E-state index in [1.807, 2.05) is 12.4 Å². The number of nitrogens with two attached hydrogens (primary N) is 1. The number of nitrogens with one attached hydrogen (secondary N) is 1. The molecule has 3 nitrogen and oxygen atoms in total. The fourth-order valence-electron chi connectivity index (χ4n) is 2.86. The quantitative estimate of drug-likeness (QED) is 0.804. The van der Waals surface area contributed by atoms with Gasteiger partial charge >= 0.3 is 0 Å². The highest BCUT2D eigenvalue weighted by Gasteiger charge is 2.18. The van der Waals surface area contributed by atoms with Crippen LogP contribution in [0.2, 0.25) is 0 Å². The van der Waals surface area contributed by atoms with Crippen molar-refractivity contribution in [2.45, 2.75) is 57.5 Å². The number of aromatic nitrogens is 1. The molecule has 1 aliphatic carbocycles. The molecular weight excluding hydrogens is 222 g/mol. The highest BCUT2D eigenvalue weighted by atomic mass is 15.0. The number of nitrogens with zero attached hydrogens (tertiary/aromatic N) is 1. The molecule has 0 spiro atoms. The van der Waals surface area contributed by atoms with Gasteiger partial charge in [0.2, 0.25) is 0 Å². The Morgan fingerprint density at radius 3 is 2.67 bits per heavy atom. The predicted molar refractivity (Wildman–Crippen MR) is 75.4 cm³/mol. The molecule has 1 fully saturated rings. The van der Waals surface area contributed by atoms with Gasteiger partial charge in [-0.1, -0.05) is 25.7 Å². The molecule has 2 rings (SSSR count). The molecule has 0 aromatic carbocycles. The van der Waals surface area contributed by atoms with Gasteiger partial charge in [-0.25, -0.2) is 0 Å². The Morgan fingerprint density at radius 1 is 1.33 bits per heavy atom. The minimum absolute atomic E-state index is 0.252. The molecule has 1 aromatic rings. The predicted octanol–water partition coefficient (Wildman–Crippen LogP) is 2.70. The summed E-state index contributed by atoms with van der Waals surface area (Å²) < 4.78 is 0. The standard InChI is InChI=1S/C15H25N3/c1-12-8-9-17-11-14(12)15(10-16)18-13-6-4-2-3-5-7-13/h8-9,11,13,15,18H,2-7,10,16H2,1H3. The van der Waals surface area contributed by atoms with Gasteiger partial charge in [0.25, 0.3) is 0 Å². The topological polar surface area (TPSA) is 50.9 Å². The van der Waals surface area contributed by atoms with Crippen molar-refractivity contribution in [1.82, 2.24) is 10.3 Å². The van der Waals surface area contributed by atoms with Crippen LogP contribution in [0.1, 0.15) is 55.7 Å². The maximum atomic E-state index is 5.94. The van der Waals surface area contributed by atoms with E-state index in [0.717, 1.165) is 0 Å². The largest absolute Gasteiger partial charge is 0.329 e. The Hall–Kier alpha value is -0.930. The average molecular weight is 247 g/mol. The van der Waals surface area contributed by atoms with Crippen LogP contribution in [-0.4, -0.2) is 17.6 Å². The van der Waals surface area contributed by atoms with Crippen molar-refractivity contribution in [3.8, 4) is 0 Å². The molecule has 0 aliphatic heterocycles. The van der Waals surface area contributed by atoms with Crippen LogP contribution in [0.15, 0.2) is 18.5 Å². The third kappa shape index (κ3) is 3.53. The summed E-state index contributed by atoms with van der Waals surface area (Å²) in [4.78, 5) is 4.23. The van der Waals surface area contributed by atoms with Crippen molar-refractivity contribution in [2.75, 3.05) is 6.54 Å². The molecule has 0 bridgehead atoms. The monoisotopic (exact) mass is 247 g/mol. The second-order valence-corrected chi connectivity index (χ2v) is 5.38. The lowest BCUT2D eigenvalue weighted by molar-refractivity contribution is 0.401. The van der Waals surface area contributed by atoms with Crippen LogP contribution in [0.3, 0.4) is 0 Å². The maximum Gasteiger partial charge on any atom is 0.0464 e. The first-order valence-electron chi connectivity index (χ1n) is 7.18. The highest BCUT2D eigenvalue weighted by molar-refractivity contribution is 5.25. The molecule has 0 radical (unpaired) electrons. The number of pyridine rings is 1. The number of hydrogen-bond acceptors (Lipinski definition) is 3. The summed E-state index contributed by atoms with van der Waals surface area (Å²) in [6, 6.07) is 2.94. The lowest BCUT2D eigenvalue weighted by atomic mass is 10.0. The van der Waals surface area contributed by atoms with Gasteiger partial charge in [0, 0.05) is 31.0 Å². The van der Waals surface area contributed by atoms with Crippen LogP contribution in [0, 0.1) is 6.92 Å². The maximum absolute atomic E-state index is 5.94. The molecule has 1 saturated carbocycles. The van der Waals surface area contributed by atoms with Crippen LogP contribution < -0.4 is 11.1 Å². The smallest absolute Gasteiger partial charge is 0.0464 e. The summed E-state index contributed by atoms with van der Waals surface area (Å²) in [6.07, 6.45) is 11.8. The van der Waals surface area contributed by atoms with Gasteiger partial charge in [0.15, 0.2) is 0 Å². The van der Waals surface area contributed by atoms with Gasteiger partial charge in [-0.15, -0.1) is 0 Å². The number of rotatable bonds is 4. The average Bonchev–Trinajstić information content (AvgIpc) is 2.65. The normalized spacial score (nSPS) is 19.4. The van der Waals surface area contributed by atoms with Gasteiger partial charge < -0.3 is 11.1 Å². The zero-order chi connectivity index (χ0) is 12.8. The lowest BCUT2D eigenvalue weighted by Gasteiger charge is -2.25. The first-order valence-corrected chi connectivity index (χ1v) is 7.18. The minimum atomic E-state index is 0.252. The molecule has 0 saturated heterocycles. The molecule has 1 atom stereocenters. The van der Waals surface area contributed by atoms with E-state index in [4.69, 9.17) is 5.73 Å². The van der Waals surface area contributed by atoms with Crippen molar-refractivity contribution in [1.29, 1.82) is 0 Å². The van der Waals surface area contributed by atoms with Crippen molar-refractivity contribution >= 4 is 0 Å². The Bertz CT molecular complexity index is 357. The molecule has 1 heterocycles. The molecule has 3 N–H and O–H groups in total. The van der Waals surface area contributed by atoms with E-state index in [-0.39, 0.29) is 6.04 Å². The Morgan fingerprint density at radius 2 is 2.06 bits per heavy atom. The van der Waals surface area contributed by atoms with E-state index in [1.54, 1.807) is 0 Å². The van der Waals surface area contributed by atoms with E-state index in [0.29, 0.717) is 12.6 Å². The first-order chi connectivity index (χ1) is 8.81. The molecular formula is C15H25N3. The SMILES string of the molecule is Cc1ccncc1C(CN)NC1CCCCCC1. The van der Waals surface area contributed by atoms with E-state index in [9.17, 15) is 0 Å². The van der Waals surface area contributed by atoms with Crippen LogP contribution in [0.25, 0.3) is 0 Å². The van der Waals surface area contributed by atoms with E-state index in [2.05, 4.69) is 23.3 Å². The third-order valence-corrected chi connectivity index (χ3v) is 3.98. The van der Waals surface area contributed by atoms with Crippen LogP contribution >= 0.6 is 0 Å². The Balaban J connectivity index is 2.02. The summed E-state index contributed by atoms with van der Waals surface area (Å²) in [5, 5.41) is 3.74. The van der Waals surface area contributed by atoms with Crippen molar-refractivity contribution in [2.24, 2.45) is 5.73 Å². The molecule has 100 valence electrons. The molecule has 1 unspecified atom stereocenters. The molecule has 18 heavy (non-hydrogen) atoms. The second-order valence-electron chi connectivity index (χ2n) is 5.38. The highest BCUT2D eigenvalue weighted by Crippen LogP contribution is 2.22. The van der Waals surface area contributed by atoms with Crippen LogP contribution in [-0.2, 0) is 0 Å². The summed E-state index contributed by atoms with van der Waals surface area (Å²) >= 11 is 0. The molecule has 0 amide bonds. The Kier molecular flexibility index (Phi) is 5.14. The molecule has 1 aromatic heterocycles. The molecule has 1 aliphatic rings. The summed E-state index contributed by atoms with van der Waals surface area (Å²) in [5.74, 6) is 0. The zero-order valence-electron chi connectivity index (χ0n) is 11.4. The molecule has 3 heteroatoms. The van der Waals surface area contributed by atoms with Crippen molar-refractivity contribution in [3.63, 3.8) is 0 Å². The zero-order valence-corrected chi connectivity index (χ0v) is 11.4. The second kappa shape index (κ2) is 6.86. The van der Waals surface area contributed by atoms with E-state index < -0.39 is 0 Å². The minimum Gasteiger partial charge on any atom is -0.329 e. The van der Waals surface area contributed by atoms with Crippen molar-refractivity contribution in [3.05, 3.63) is 29.6 Å². The summed E-state index contributed by atoms with van der Waals surface area (Å²) in [6.45, 7) is 2.78. The van der Waals surface area contributed by atoms with E-state index in [1.165, 1.54) is 49.7 Å². The van der Waals surface area contributed by atoms with Crippen LogP contribution in [0.5, 0.6) is 0 Å². The van der Waals surface area contributed by atoms with Gasteiger partial charge in [-0.3, -0.25) is 4.98 Å². The lowest BCUT2D eigenvalue weighted by Crippen LogP contribution is -2.36. The van der Waals surface area contributed by atoms with E-state index >= 15 is 0 Å². The first kappa shape index (κ1) is 13.5. The van der Waals surface area contributed by atoms with Gasteiger partial charge in [-0.2, -0.15) is 0 Å². The summed E-state index contributed by atoms with van der Waals surface area (Å²) in [7, 11) is 0. The fraction of sp³-hybridized carbons (Fsp3) is 0.667. The van der Waals surface area contributed by atoms with Crippen LogP contribution in [0.4, 0.5) is 0 Å². The van der Waals surface area contributed by atoms with Gasteiger partial charge in [0.05, 0.1) is 0 Å². The number of hydrogen-bond donors (Lipinski definition) is 2. The fourth-order valence-corrected chi connectivity index (χ4v) is 2.86. The van der Waals surface area contributed by atoms with Gasteiger partial charge in [0.1, 0.15) is 0 Å². The summed E-state index contributed by atoms with van der Waals surface area (Å²) in [5.41, 5.74) is 8.47. The number of aryl methyl sites for hydroxylation is 1. The van der Waals surface area contributed by atoms with Crippen molar-refractivity contribution < 1.29 is 0 Å². The Labute approximate surface area is 110 Å². The van der Waals surface area contributed by atoms with Gasteiger partial charge in [-0.05, 0) is 37.0 Å².